The fourth-order valence-corrected chi connectivity index (χ4v) is 5.13. The highest BCUT2D eigenvalue weighted by molar-refractivity contribution is 5.94. The van der Waals surface area contributed by atoms with Gasteiger partial charge in [-0.25, -0.2) is 4.39 Å². The maximum atomic E-state index is 14.2. The van der Waals surface area contributed by atoms with Crippen LogP contribution in [0, 0.1) is 28.5 Å². The molecule has 5 nitrogen and oxygen atoms in total. The second-order valence-corrected chi connectivity index (χ2v) is 8.91. The van der Waals surface area contributed by atoms with E-state index in [0.717, 1.165) is 6.07 Å². The summed E-state index contributed by atoms with van der Waals surface area (Å²) in [6, 6.07) is 11.2. The number of benzene rings is 2. The molecule has 180 valence electrons. The first-order chi connectivity index (χ1) is 16.2. The van der Waals surface area contributed by atoms with Crippen molar-refractivity contribution >= 4 is 11.6 Å². The lowest BCUT2D eigenvalue weighted by Gasteiger charge is -2.43. The Morgan fingerprint density at radius 1 is 1.24 bits per heavy atom. The molecule has 2 aliphatic heterocycles. The maximum absolute atomic E-state index is 14.2. The third-order valence-corrected chi connectivity index (χ3v) is 6.85. The van der Waals surface area contributed by atoms with Crippen molar-refractivity contribution in [2.75, 3.05) is 44.3 Å². The second-order valence-electron chi connectivity index (χ2n) is 8.91. The van der Waals surface area contributed by atoms with Crippen LogP contribution in [-0.4, -0.2) is 50.2 Å². The van der Waals surface area contributed by atoms with Gasteiger partial charge in [-0.05, 0) is 49.6 Å². The fourth-order valence-electron chi connectivity index (χ4n) is 5.13. The number of nitriles is 1. The summed E-state index contributed by atoms with van der Waals surface area (Å²) in [7, 11) is 0. The minimum absolute atomic E-state index is 0.00396. The summed E-state index contributed by atoms with van der Waals surface area (Å²) >= 11 is 0. The molecule has 2 fully saturated rings. The van der Waals surface area contributed by atoms with Crippen molar-refractivity contribution in [2.24, 2.45) is 11.3 Å². The van der Waals surface area contributed by atoms with E-state index in [9.17, 15) is 22.4 Å². The molecular formula is C25H25F4N3O2. The number of fused-ring (bicyclic) bond motifs is 1. The molecule has 1 amide bonds. The number of amides is 1. The third kappa shape index (κ3) is 4.47. The van der Waals surface area contributed by atoms with Gasteiger partial charge in [0.2, 0.25) is 0 Å². The molecule has 0 unspecified atom stereocenters. The van der Waals surface area contributed by atoms with E-state index in [1.807, 2.05) is 11.8 Å². The normalized spacial score (nSPS) is 22.4. The summed E-state index contributed by atoms with van der Waals surface area (Å²) in [4.78, 5) is 16.6. The van der Waals surface area contributed by atoms with E-state index in [2.05, 4.69) is 0 Å². The van der Waals surface area contributed by atoms with E-state index >= 15 is 0 Å². The Kier molecular flexibility index (Phi) is 6.54. The zero-order chi connectivity index (χ0) is 24.5. The summed E-state index contributed by atoms with van der Waals surface area (Å²) in [6.07, 6.45) is -4.01. The van der Waals surface area contributed by atoms with Crippen LogP contribution < -0.4 is 4.90 Å². The lowest BCUT2D eigenvalue weighted by Crippen LogP contribution is -2.53. The highest BCUT2D eigenvalue weighted by atomic mass is 19.4. The molecule has 0 saturated carbocycles. The van der Waals surface area contributed by atoms with Crippen molar-refractivity contribution in [3.8, 4) is 6.07 Å². The van der Waals surface area contributed by atoms with Crippen LogP contribution in [0.2, 0.25) is 0 Å². The van der Waals surface area contributed by atoms with Crippen molar-refractivity contribution in [1.29, 1.82) is 5.26 Å². The van der Waals surface area contributed by atoms with Crippen LogP contribution in [0.3, 0.4) is 0 Å². The largest absolute Gasteiger partial charge is 0.417 e. The number of piperidine rings is 1. The molecule has 2 aliphatic rings. The molecule has 2 heterocycles. The zero-order valence-electron chi connectivity index (χ0n) is 18.7. The molecule has 0 N–H and O–H groups in total. The number of nitrogens with zero attached hydrogens (tertiary/aromatic N) is 3. The molecule has 4 rings (SSSR count). The first-order valence-corrected chi connectivity index (χ1v) is 11.2. The second kappa shape index (κ2) is 9.26. The van der Waals surface area contributed by atoms with Gasteiger partial charge in [0.25, 0.3) is 5.91 Å². The number of likely N-dealkylation sites (tertiary alicyclic amines) is 1. The smallest absolute Gasteiger partial charge is 0.381 e. The number of anilines is 1. The number of ether oxygens (including phenoxy) is 1. The van der Waals surface area contributed by atoms with Gasteiger partial charge in [-0.2, -0.15) is 18.4 Å². The summed E-state index contributed by atoms with van der Waals surface area (Å²) in [6.45, 7) is 4.32. The summed E-state index contributed by atoms with van der Waals surface area (Å²) in [5.74, 6) is -0.893. The molecular weight excluding hydrogens is 450 g/mol. The topological polar surface area (TPSA) is 56.6 Å². The minimum atomic E-state index is -4.64. The molecule has 2 atom stereocenters. The maximum Gasteiger partial charge on any atom is 0.417 e. The van der Waals surface area contributed by atoms with Gasteiger partial charge in [-0.1, -0.05) is 12.1 Å². The Bertz CT molecular complexity index is 1110. The Balaban J connectivity index is 1.62. The van der Waals surface area contributed by atoms with Crippen LogP contribution >= 0.6 is 0 Å². The van der Waals surface area contributed by atoms with Crippen LogP contribution in [0.1, 0.15) is 34.8 Å². The van der Waals surface area contributed by atoms with Gasteiger partial charge in [0, 0.05) is 43.9 Å². The fraction of sp³-hybridized carbons (Fsp3) is 0.440. The number of hydrogen-bond donors (Lipinski definition) is 0. The predicted molar refractivity (Wildman–Crippen MR) is 118 cm³/mol. The standard InChI is InChI=1S/C25H25F4N3O2/c1-2-34-16-24-14-31(23(33)20-5-3-4-6-22(20)26)10-9-18(24)13-32(15-24)19-8-7-17(12-30)21(11-19)25(27,28)29/h3-8,11,18H,2,9-10,13-16H2,1H3/t18-,24+/m0/s1. The SMILES string of the molecule is CCOC[C@]12CN(C(=O)c3ccccc3F)CC[C@H]1CN(c1ccc(C#N)c(C(F)(F)F)c1)C2. The summed E-state index contributed by atoms with van der Waals surface area (Å²) < 4.78 is 60.5. The molecule has 0 aliphatic carbocycles. The molecule has 34 heavy (non-hydrogen) atoms. The summed E-state index contributed by atoms with van der Waals surface area (Å²) in [5.41, 5.74) is -1.49. The Morgan fingerprint density at radius 2 is 2.00 bits per heavy atom. The molecule has 0 radical (unpaired) electrons. The average molecular weight is 475 g/mol. The minimum Gasteiger partial charge on any atom is -0.381 e. The lowest BCUT2D eigenvalue weighted by molar-refractivity contribution is -0.137. The van der Waals surface area contributed by atoms with Gasteiger partial charge in [-0.3, -0.25) is 4.79 Å². The van der Waals surface area contributed by atoms with Crippen LogP contribution in [0.15, 0.2) is 42.5 Å². The molecule has 0 aromatic heterocycles. The highest BCUT2D eigenvalue weighted by Crippen LogP contribution is 2.45. The molecule has 0 spiro atoms. The number of carbonyl (C=O) groups is 1. The van der Waals surface area contributed by atoms with Gasteiger partial charge < -0.3 is 14.5 Å². The number of alkyl halides is 3. The van der Waals surface area contributed by atoms with Gasteiger partial charge in [-0.15, -0.1) is 0 Å². The van der Waals surface area contributed by atoms with Crippen LogP contribution in [-0.2, 0) is 10.9 Å². The summed E-state index contributed by atoms with van der Waals surface area (Å²) in [5, 5.41) is 9.09. The number of rotatable bonds is 5. The first-order valence-electron chi connectivity index (χ1n) is 11.2. The van der Waals surface area contributed by atoms with Crippen LogP contribution in [0.4, 0.5) is 23.2 Å². The van der Waals surface area contributed by atoms with Crippen LogP contribution in [0.25, 0.3) is 0 Å². The van der Waals surface area contributed by atoms with Gasteiger partial charge in [0.05, 0.1) is 29.4 Å². The van der Waals surface area contributed by atoms with Crippen LogP contribution in [0.5, 0.6) is 0 Å². The van der Waals surface area contributed by atoms with E-state index in [1.165, 1.54) is 30.3 Å². The first kappa shape index (κ1) is 24.0. The molecule has 0 bridgehead atoms. The number of hydrogen-bond acceptors (Lipinski definition) is 4. The number of halogens is 4. The van der Waals surface area contributed by atoms with Gasteiger partial charge >= 0.3 is 6.18 Å². The van der Waals surface area contributed by atoms with Crippen molar-refractivity contribution in [2.45, 2.75) is 19.5 Å². The average Bonchev–Trinajstić information content (AvgIpc) is 3.20. The lowest BCUT2D eigenvalue weighted by atomic mass is 9.73. The predicted octanol–water partition coefficient (Wildman–Crippen LogP) is 4.72. The molecule has 2 aromatic carbocycles. The molecule has 2 aromatic rings. The molecule has 9 heteroatoms. The van der Waals surface area contributed by atoms with E-state index in [4.69, 9.17) is 10.00 Å². The van der Waals surface area contributed by atoms with E-state index in [0.29, 0.717) is 51.5 Å². The van der Waals surface area contributed by atoms with E-state index in [1.54, 1.807) is 17.0 Å². The van der Waals surface area contributed by atoms with Crippen molar-refractivity contribution < 1.29 is 27.1 Å². The zero-order valence-corrected chi connectivity index (χ0v) is 18.7. The highest BCUT2D eigenvalue weighted by Gasteiger charge is 2.51. The Morgan fingerprint density at radius 3 is 2.68 bits per heavy atom. The quantitative estimate of drug-likeness (QED) is 0.588. The van der Waals surface area contributed by atoms with Crippen molar-refractivity contribution in [3.05, 3.63) is 65.0 Å². The molecule has 2 saturated heterocycles. The van der Waals surface area contributed by atoms with Gasteiger partial charge in [0.1, 0.15) is 5.82 Å². The van der Waals surface area contributed by atoms with Gasteiger partial charge in [0.15, 0.2) is 0 Å². The monoisotopic (exact) mass is 475 g/mol. The van der Waals surface area contributed by atoms with E-state index in [-0.39, 0.29) is 11.5 Å². The number of carbonyl (C=O) groups excluding carboxylic acids is 1. The third-order valence-electron chi connectivity index (χ3n) is 6.85. The Labute approximate surface area is 195 Å². The van der Waals surface area contributed by atoms with Crippen molar-refractivity contribution in [3.63, 3.8) is 0 Å². The van der Waals surface area contributed by atoms with Crippen molar-refractivity contribution in [1.82, 2.24) is 4.90 Å². The Hall–Kier alpha value is -3.12. The van der Waals surface area contributed by atoms with E-state index < -0.39 is 34.4 Å².